The third kappa shape index (κ3) is 3.69. The molecule has 4 heteroatoms. The first-order chi connectivity index (χ1) is 12.1. The summed E-state index contributed by atoms with van der Waals surface area (Å²) in [5.74, 6) is -0.751. The summed E-state index contributed by atoms with van der Waals surface area (Å²) in [6.45, 7) is 3.44. The number of nitrogens with one attached hydrogen (secondary N) is 1. The normalized spacial score (nSPS) is 12.4. The smallest absolute Gasteiger partial charge is 0.331 e. The molecule has 0 fully saturated rings. The molecule has 0 aliphatic carbocycles. The van der Waals surface area contributed by atoms with Gasteiger partial charge in [0.15, 0.2) is 6.10 Å². The van der Waals surface area contributed by atoms with E-state index in [0.717, 1.165) is 22.2 Å². The van der Waals surface area contributed by atoms with Gasteiger partial charge in [0.25, 0.3) is 0 Å². The van der Waals surface area contributed by atoms with E-state index in [2.05, 4.69) is 4.98 Å². The van der Waals surface area contributed by atoms with Gasteiger partial charge in [-0.05, 0) is 31.6 Å². The maximum Gasteiger partial charge on any atom is 0.331 e. The van der Waals surface area contributed by atoms with Crippen molar-refractivity contribution in [3.63, 3.8) is 0 Å². The fourth-order valence-corrected chi connectivity index (χ4v) is 2.79. The maximum absolute atomic E-state index is 12.7. The molecule has 0 spiro atoms. The van der Waals surface area contributed by atoms with E-state index in [0.29, 0.717) is 5.56 Å². The molecule has 3 rings (SSSR count). The molecule has 1 aromatic heterocycles. The number of rotatable bonds is 5. The summed E-state index contributed by atoms with van der Waals surface area (Å²) >= 11 is 0. The van der Waals surface area contributed by atoms with Gasteiger partial charge in [0.2, 0.25) is 5.78 Å². The van der Waals surface area contributed by atoms with Crippen LogP contribution in [0.5, 0.6) is 0 Å². The highest BCUT2D eigenvalue weighted by Crippen LogP contribution is 2.23. The second kappa shape index (κ2) is 7.18. The van der Waals surface area contributed by atoms with Crippen molar-refractivity contribution >= 4 is 28.7 Å². The van der Waals surface area contributed by atoms with Crippen LogP contribution in [-0.2, 0) is 9.53 Å². The highest BCUT2D eigenvalue weighted by Gasteiger charge is 2.23. The SMILES string of the molecule is Cc1[nH]c2ccccc2c1C(=O)[C@H](C)OC(=O)/C=C/c1ccccc1. The van der Waals surface area contributed by atoms with Gasteiger partial charge in [-0.3, -0.25) is 4.79 Å². The average molecular weight is 333 g/mol. The number of aromatic amines is 1. The Balaban J connectivity index is 1.73. The molecule has 126 valence electrons. The zero-order valence-electron chi connectivity index (χ0n) is 14.2. The van der Waals surface area contributed by atoms with Crippen molar-refractivity contribution < 1.29 is 14.3 Å². The van der Waals surface area contributed by atoms with Crippen LogP contribution in [0.15, 0.2) is 60.7 Å². The Morgan fingerprint density at radius 3 is 2.48 bits per heavy atom. The fourth-order valence-electron chi connectivity index (χ4n) is 2.79. The van der Waals surface area contributed by atoms with Crippen LogP contribution in [-0.4, -0.2) is 22.8 Å². The summed E-state index contributed by atoms with van der Waals surface area (Å²) in [6.07, 6.45) is 2.14. The first-order valence-corrected chi connectivity index (χ1v) is 8.11. The largest absolute Gasteiger partial charge is 0.451 e. The molecule has 0 saturated carbocycles. The molecular weight excluding hydrogens is 314 g/mol. The molecule has 0 aliphatic rings. The highest BCUT2D eigenvalue weighted by molar-refractivity contribution is 6.11. The Hall–Kier alpha value is -3.14. The second-order valence-electron chi connectivity index (χ2n) is 5.86. The lowest BCUT2D eigenvalue weighted by molar-refractivity contribution is -0.140. The zero-order chi connectivity index (χ0) is 17.8. The molecular formula is C21H19NO3. The van der Waals surface area contributed by atoms with Gasteiger partial charge in [-0.2, -0.15) is 0 Å². The average Bonchev–Trinajstić information content (AvgIpc) is 2.96. The molecule has 0 unspecified atom stereocenters. The van der Waals surface area contributed by atoms with E-state index in [1.165, 1.54) is 6.08 Å². The number of esters is 1. The number of aromatic nitrogens is 1. The number of Topliss-reactive ketones (excluding diaryl/α,β-unsaturated/α-hetero) is 1. The summed E-state index contributed by atoms with van der Waals surface area (Å²) < 4.78 is 5.27. The number of carbonyl (C=O) groups excluding carboxylic acids is 2. The van der Waals surface area contributed by atoms with Crippen LogP contribution in [0.3, 0.4) is 0 Å². The van der Waals surface area contributed by atoms with E-state index in [1.54, 1.807) is 13.0 Å². The van der Waals surface area contributed by atoms with Crippen molar-refractivity contribution in [2.45, 2.75) is 20.0 Å². The standard InChI is InChI=1S/C21H19NO3/c1-14-20(17-10-6-7-11-18(17)22-14)21(24)15(2)25-19(23)13-12-16-8-4-3-5-9-16/h3-13,15,22H,1-2H3/b13-12+/t15-/m0/s1. The van der Waals surface area contributed by atoms with E-state index < -0.39 is 12.1 Å². The quantitative estimate of drug-likeness (QED) is 0.430. The first kappa shape index (κ1) is 16.7. The van der Waals surface area contributed by atoms with Crippen LogP contribution >= 0.6 is 0 Å². The molecule has 3 aromatic rings. The summed E-state index contributed by atoms with van der Waals surface area (Å²) in [7, 11) is 0. The molecule has 25 heavy (non-hydrogen) atoms. The molecule has 2 aromatic carbocycles. The third-order valence-corrected chi connectivity index (χ3v) is 4.01. The zero-order valence-corrected chi connectivity index (χ0v) is 14.2. The molecule has 0 aliphatic heterocycles. The molecule has 4 nitrogen and oxygen atoms in total. The highest BCUT2D eigenvalue weighted by atomic mass is 16.5. The molecule has 1 atom stereocenters. The summed E-state index contributed by atoms with van der Waals surface area (Å²) in [4.78, 5) is 27.9. The molecule has 0 saturated heterocycles. The molecule has 1 N–H and O–H groups in total. The van der Waals surface area contributed by atoms with Crippen LogP contribution in [0, 0.1) is 6.92 Å². The van der Waals surface area contributed by atoms with E-state index >= 15 is 0 Å². The molecule has 0 bridgehead atoms. The molecule has 1 heterocycles. The first-order valence-electron chi connectivity index (χ1n) is 8.11. The Labute approximate surface area is 146 Å². The number of benzene rings is 2. The van der Waals surface area contributed by atoms with Crippen LogP contribution in [0.2, 0.25) is 0 Å². The van der Waals surface area contributed by atoms with Gasteiger partial charge in [0.05, 0.1) is 0 Å². The monoisotopic (exact) mass is 333 g/mol. The van der Waals surface area contributed by atoms with Gasteiger partial charge in [-0.15, -0.1) is 0 Å². The van der Waals surface area contributed by atoms with Gasteiger partial charge < -0.3 is 9.72 Å². The van der Waals surface area contributed by atoms with Gasteiger partial charge in [-0.25, -0.2) is 4.79 Å². The number of ketones is 1. The summed E-state index contributed by atoms with van der Waals surface area (Å²) in [5.41, 5.74) is 3.13. The Bertz CT molecular complexity index is 938. The number of hydrogen-bond acceptors (Lipinski definition) is 3. The number of para-hydroxylation sites is 1. The lowest BCUT2D eigenvalue weighted by Gasteiger charge is -2.11. The second-order valence-corrected chi connectivity index (χ2v) is 5.86. The lowest BCUT2D eigenvalue weighted by Crippen LogP contribution is -2.24. The minimum atomic E-state index is -0.856. The minimum Gasteiger partial charge on any atom is -0.451 e. The number of hydrogen-bond donors (Lipinski definition) is 1. The van der Waals surface area contributed by atoms with Gasteiger partial charge >= 0.3 is 5.97 Å². The van der Waals surface area contributed by atoms with Crippen molar-refractivity contribution in [1.82, 2.24) is 4.98 Å². The van der Waals surface area contributed by atoms with Crippen LogP contribution in [0.25, 0.3) is 17.0 Å². The van der Waals surface area contributed by atoms with Crippen LogP contribution in [0.4, 0.5) is 0 Å². The van der Waals surface area contributed by atoms with E-state index in [9.17, 15) is 9.59 Å². The van der Waals surface area contributed by atoms with E-state index in [1.807, 2.05) is 61.5 Å². The van der Waals surface area contributed by atoms with Crippen molar-refractivity contribution in [3.8, 4) is 0 Å². The third-order valence-electron chi connectivity index (χ3n) is 4.01. The van der Waals surface area contributed by atoms with Crippen molar-refractivity contribution in [2.24, 2.45) is 0 Å². The fraction of sp³-hybridized carbons (Fsp3) is 0.143. The number of H-pyrrole nitrogens is 1. The lowest BCUT2D eigenvalue weighted by atomic mass is 10.0. The summed E-state index contributed by atoms with van der Waals surface area (Å²) in [5, 5.41) is 0.840. The summed E-state index contributed by atoms with van der Waals surface area (Å²) in [6, 6.07) is 17.0. The van der Waals surface area contributed by atoms with E-state index in [-0.39, 0.29) is 5.78 Å². The topological polar surface area (TPSA) is 59.2 Å². The van der Waals surface area contributed by atoms with Crippen LogP contribution in [0.1, 0.15) is 28.5 Å². The van der Waals surface area contributed by atoms with E-state index in [4.69, 9.17) is 4.74 Å². The Morgan fingerprint density at radius 1 is 1.04 bits per heavy atom. The van der Waals surface area contributed by atoms with Crippen molar-refractivity contribution in [1.29, 1.82) is 0 Å². The molecule has 0 amide bonds. The predicted molar refractivity (Wildman–Crippen MR) is 98.4 cm³/mol. The van der Waals surface area contributed by atoms with Crippen LogP contribution < -0.4 is 0 Å². The number of fused-ring (bicyclic) bond motifs is 1. The maximum atomic E-state index is 12.7. The van der Waals surface area contributed by atoms with Crippen molar-refractivity contribution in [3.05, 3.63) is 77.5 Å². The van der Waals surface area contributed by atoms with Gasteiger partial charge in [-0.1, -0.05) is 48.5 Å². The number of ether oxygens (including phenoxy) is 1. The molecule has 0 radical (unpaired) electrons. The Morgan fingerprint density at radius 2 is 1.72 bits per heavy atom. The Kier molecular flexibility index (Phi) is 4.80. The minimum absolute atomic E-state index is 0.212. The predicted octanol–water partition coefficient (Wildman–Crippen LogP) is 4.30. The van der Waals surface area contributed by atoms with Gasteiger partial charge in [0.1, 0.15) is 0 Å². The number of aryl methyl sites for hydroxylation is 1. The van der Waals surface area contributed by atoms with Gasteiger partial charge in [0, 0.05) is 28.2 Å². The number of carbonyl (C=O) groups is 2. The van der Waals surface area contributed by atoms with Crippen molar-refractivity contribution in [2.75, 3.05) is 0 Å².